The van der Waals surface area contributed by atoms with E-state index in [2.05, 4.69) is 76.2 Å². The Morgan fingerprint density at radius 3 is 2.44 bits per heavy atom. The summed E-state index contributed by atoms with van der Waals surface area (Å²) < 4.78 is 15.3. The predicted octanol–water partition coefficient (Wildman–Crippen LogP) is 8.73. The topological polar surface area (TPSA) is 25.8 Å². The molecule has 0 spiro atoms. The largest absolute Gasteiger partial charge is 0.256 e. The molecule has 0 aliphatic heterocycles. The zero-order valence-corrected chi connectivity index (χ0v) is 21.0. The van der Waals surface area contributed by atoms with Gasteiger partial charge >= 0.3 is 0 Å². The van der Waals surface area contributed by atoms with Crippen molar-refractivity contribution in [2.75, 3.05) is 0 Å². The Labute approximate surface area is 209 Å². The highest BCUT2D eigenvalue weighted by atomic mass is 19.1. The fourth-order valence-electron chi connectivity index (χ4n) is 6.22. The lowest BCUT2D eigenvalue weighted by Crippen LogP contribution is -2.25. The van der Waals surface area contributed by atoms with Gasteiger partial charge in [0.1, 0.15) is 5.82 Å². The standard InChI is InChI=1S/C33H27FN2/c1-18(2)13-19-14-24-22(28(34)15-19)10-9-21-23-11-12-35-31-26-16-20-7-5-6-8-29(20)36-32(26)33(3,4)27(30(23)31)17-25(21)24/h5-12,14-18H,13H2,1-4H3. The number of aromatic nitrogens is 2. The Bertz CT molecular complexity index is 1880. The van der Waals surface area contributed by atoms with Gasteiger partial charge in [0.25, 0.3) is 0 Å². The van der Waals surface area contributed by atoms with Crippen molar-refractivity contribution < 1.29 is 4.39 Å². The molecule has 0 amide bonds. The lowest BCUT2D eigenvalue weighted by Gasteiger charge is -2.34. The molecule has 0 bridgehead atoms. The number of rotatable bonds is 2. The zero-order valence-electron chi connectivity index (χ0n) is 21.0. The Balaban J connectivity index is 1.64. The van der Waals surface area contributed by atoms with Crippen LogP contribution in [-0.4, -0.2) is 9.97 Å². The van der Waals surface area contributed by atoms with Gasteiger partial charge in [-0.25, -0.2) is 4.39 Å². The maximum atomic E-state index is 15.3. The van der Waals surface area contributed by atoms with Crippen molar-refractivity contribution in [2.24, 2.45) is 5.92 Å². The molecule has 0 saturated heterocycles. The van der Waals surface area contributed by atoms with Crippen LogP contribution in [0.5, 0.6) is 0 Å². The summed E-state index contributed by atoms with van der Waals surface area (Å²) in [6.45, 7) is 8.85. The first kappa shape index (κ1) is 21.4. The van der Waals surface area contributed by atoms with E-state index in [1.54, 1.807) is 6.07 Å². The average molecular weight is 471 g/mol. The highest BCUT2D eigenvalue weighted by Gasteiger charge is 2.36. The number of hydrogen-bond donors (Lipinski definition) is 0. The van der Waals surface area contributed by atoms with Crippen molar-refractivity contribution in [3.63, 3.8) is 0 Å². The summed E-state index contributed by atoms with van der Waals surface area (Å²) in [5.74, 6) is 0.315. The highest BCUT2D eigenvalue weighted by Crippen LogP contribution is 2.50. The number of benzene rings is 4. The van der Waals surface area contributed by atoms with Crippen molar-refractivity contribution in [3.8, 4) is 11.3 Å². The van der Waals surface area contributed by atoms with Gasteiger partial charge in [0, 0.05) is 33.3 Å². The van der Waals surface area contributed by atoms with Gasteiger partial charge in [-0.05, 0) is 75.3 Å². The fourth-order valence-corrected chi connectivity index (χ4v) is 6.22. The minimum Gasteiger partial charge on any atom is -0.256 e. The Morgan fingerprint density at radius 1 is 0.833 bits per heavy atom. The van der Waals surface area contributed by atoms with Crippen LogP contribution in [0, 0.1) is 11.7 Å². The SMILES string of the molecule is CC(C)Cc1cc(F)c2ccc3c4ccnc5c4c(cc3c2c1)C(C)(C)c1nc2ccccc2cc1-5. The molecule has 3 heteroatoms. The lowest BCUT2D eigenvalue weighted by molar-refractivity contribution is 0.622. The molecule has 4 aromatic carbocycles. The number of para-hydroxylation sites is 1. The Hall–Kier alpha value is -3.85. The van der Waals surface area contributed by atoms with Crippen LogP contribution >= 0.6 is 0 Å². The van der Waals surface area contributed by atoms with Crippen molar-refractivity contribution in [3.05, 3.63) is 95.6 Å². The highest BCUT2D eigenvalue weighted by molar-refractivity contribution is 6.21. The predicted molar refractivity (Wildman–Crippen MR) is 148 cm³/mol. The quantitative estimate of drug-likeness (QED) is 0.236. The van der Waals surface area contributed by atoms with E-state index in [-0.39, 0.29) is 11.2 Å². The molecule has 1 aliphatic rings. The van der Waals surface area contributed by atoms with E-state index >= 15 is 4.39 Å². The molecule has 1 aliphatic carbocycles. The molecule has 2 nitrogen and oxygen atoms in total. The van der Waals surface area contributed by atoms with Gasteiger partial charge in [-0.3, -0.25) is 9.97 Å². The minimum atomic E-state index is -0.335. The third-order valence-electron chi connectivity index (χ3n) is 7.87. The van der Waals surface area contributed by atoms with E-state index in [0.29, 0.717) is 11.3 Å². The van der Waals surface area contributed by atoms with Gasteiger partial charge in [-0.1, -0.05) is 64.1 Å². The molecule has 0 unspecified atom stereocenters. The molecular formula is C33H27FN2. The molecule has 2 heterocycles. The van der Waals surface area contributed by atoms with Gasteiger partial charge in [-0.15, -0.1) is 0 Å². The van der Waals surface area contributed by atoms with Crippen molar-refractivity contribution >= 4 is 43.2 Å². The van der Waals surface area contributed by atoms with E-state index in [4.69, 9.17) is 9.97 Å². The van der Waals surface area contributed by atoms with Crippen LogP contribution in [0.1, 0.15) is 44.5 Å². The molecule has 0 N–H and O–H groups in total. The van der Waals surface area contributed by atoms with Gasteiger partial charge in [0.2, 0.25) is 0 Å². The number of pyridine rings is 2. The minimum absolute atomic E-state index is 0.146. The number of nitrogens with zero attached hydrogens (tertiary/aromatic N) is 2. The van der Waals surface area contributed by atoms with E-state index in [9.17, 15) is 0 Å². The van der Waals surface area contributed by atoms with Crippen LogP contribution in [0.25, 0.3) is 54.5 Å². The van der Waals surface area contributed by atoms with E-state index in [1.807, 2.05) is 18.3 Å². The molecular weight excluding hydrogens is 443 g/mol. The molecule has 0 atom stereocenters. The van der Waals surface area contributed by atoms with Gasteiger partial charge in [-0.2, -0.15) is 0 Å². The van der Waals surface area contributed by atoms with Gasteiger partial charge in [0.05, 0.1) is 16.9 Å². The van der Waals surface area contributed by atoms with E-state index in [1.165, 1.54) is 10.9 Å². The van der Waals surface area contributed by atoms with E-state index < -0.39 is 0 Å². The summed E-state index contributed by atoms with van der Waals surface area (Å²) in [6, 6.07) is 22.8. The average Bonchev–Trinajstić information content (AvgIpc) is 2.85. The lowest BCUT2D eigenvalue weighted by atomic mass is 9.71. The molecule has 0 fully saturated rings. The third kappa shape index (κ3) is 2.89. The molecule has 6 aromatic rings. The summed E-state index contributed by atoms with van der Waals surface area (Å²) >= 11 is 0. The van der Waals surface area contributed by atoms with Crippen LogP contribution < -0.4 is 0 Å². The number of fused-ring (bicyclic) bond motifs is 7. The summed E-state index contributed by atoms with van der Waals surface area (Å²) in [6.07, 6.45) is 2.76. The number of halogens is 1. The van der Waals surface area contributed by atoms with Crippen molar-refractivity contribution in [1.82, 2.24) is 9.97 Å². The number of hydrogen-bond acceptors (Lipinski definition) is 2. The maximum Gasteiger partial charge on any atom is 0.131 e. The van der Waals surface area contributed by atoms with Crippen molar-refractivity contribution in [2.45, 2.75) is 39.5 Å². The first-order valence-electron chi connectivity index (χ1n) is 12.7. The smallest absolute Gasteiger partial charge is 0.131 e. The van der Waals surface area contributed by atoms with Crippen LogP contribution in [-0.2, 0) is 11.8 Å². The monoisotopic (exact) mass is 470 g/mol. The normalized spacial score (nSPS) is 14.3. The zero-order chi connectivity index (χ0) is 24.8. The molecule has 0 saturated carbocycles. The van der Waals surface area contributed by atoms with Crippen LogP contribution in [0.2, 0.25) is 0 Å². The van der Waals surface area contributed by atoms with Crippen LogP contribution in [0.3, 0.4) is 0 Å². The van der Waals surface area contributed by atoms with Crippen LogP contribution in [0.4, 0.5) is 4.39 Å². The summed E-state index contributed by atoms with van der Waals surface area (Å²) in [7, 11) is 0. The second kappa shape index (κ2) is 7.33. The van der Waals surface area contributed by atoms with E-state index in [0.717, 1.165) is 61.4 Å². The molecule has 0 radical (unpaired) electrons. The molecule has 36 heavy (non-hydrogen) atoms. The second-order valence-electron chi connectivity index (χ2n) is 11.1. The Morgan fingerprint density at radius 2 is 1.61 bits per heavy atom. The first-order chi connectivity index (χ1) is 17.3. The molecule has 7 rings (SSSR count). The van der Waals surface area contributed by atoms with Crippen LogP contribution in [0.15, 0.2) is 72.9 Å². The summed E-state index contributed by atoms with van der Waals surface area (Å²) in [4.78, 5) is 10.0. The van der Waals surface area contributed by atoms with Crippen molar-refractivity contribution in [1.29, 1.82) is 0 Å². The summed E-state index contributed by atoms with van der Waals surface area (Å²) in [5, 5.41) is 7.35. The third-order valence-corrected chi connectivity index (χ3v) is 7.87. The van der Waals surface area contributed by atoms with Gasteiger partial charge < -0.3 is 0 Å². The fraction of sp³-hybridized carbons (Fsp3) is 0.212. The first-order valence-corrected chi connectivity index (χ1v) is 12.7. The second-order valence-corrected chi connectivity index (χ2v) is 11.1. The summed E-state index contributed by atoms with van der Waals surface area (Å²) in [5.41, 5.74) is 6.03. The molecule has 2 aromatic heterocycles. The molecule has 176 valence electrons. The maximum absolute atomic E-state index is 15.3. The Kier molecular flexibility index (Phi) is 4.36. The van der Waals surface area contributed by atoms with Gasteiger partial charge in [0.15, 0.2) is 0 Å².